The van der Waals surface area contributed by atoms with Crippen LogP contribution in [0.4, 0.5) is 11.4 Å². The zero-order chi connectivity index (χ0) is 15.0. The van der Waals surface area contributed by atoms with Crippen molar-refractivity contribution >= 4 is 21.4 Å². The summed E-state index contributed by atoms with van der Waals surface area (Å²) in [4.78, 5) is 2.29. The van der Waals surface area contributed by atoms with Crippen LogP contribution in [-0.2, 0) is 14.8 Å². The van der Waals surface area contributed by atoms with E-state index < -0.39 is 10.0 Å². The first-order valence-corrected chi connectivity index (χ1v) is 7.95. The van der Waals surface area contributed by atoms with Gasteiger partial charge in [-0.2, -0.15) is 0 Å². The highest BCUT2D eigenvalue weighted by molar-refractivity contribution is 7.89. The van der Waals surface area contributed by atoms with Gasteiger partial charge in [0.1, 0.15) is 4.90 Å². The minimum atomic E-state index is -3.52. The molecule has 0 bridgehead atoms. The minimum absolute atomic E-state index is 0.106. The van der Waals surface area contributed by atoms with Crippen LogP contribution < -0.4 is 15.4 Å². The summed E-state index contributed by atoms with van der Waals surface area (Å²) in [7, 11) is -2.15. The Morgan fingerprint density at radius 3 is 2.65 bits per heavy atom. The fraction of sp³-hybridized carbons (Fsp3) is 0.538. The van der Waals surface area contributed by atoms with Gasteiger partial charge in [0.25, 0.3) is 0 Å². The van der Waals surface area contributed by atoms with Crippen LogP contribution in [0, 0.1) is 0 Å². The van der Waals surface area contributed by atoms with E-state index in [9.17, 15) is 8.42 Å². The maximum atomic E-state index is 11.8. The van der Waals surface area contributed by atoms with Crippen LogP contribution >= 0.6 is 0 Å². The smallest absolute Gasteiger partial charge is 0.242 e. The van der Waals surface area contributed by atoms with Crippen molar-refractivity contribution in [3.8, 4) is 0 Å². The van der Waals surface area contributed by atoms with E-state index in [-0.39, 0.29) is 16.1 Å². The Morgan fingerprint density at radius 1 is 1.40 bits per heavy atom. The lowest BCUT2D eigenvalue weighted by Crippen LogP contribution is -2.53. The van der Waals surface area contributed by atoms with Crippen molar-refractivity contribution in [2.75, 3.05) is 37.4 Å². The van der Waals surface area contributed by atoms with E-state index in [2.05, 4.69) is 23.5 Å². The predicted molar refractivity (Wildman–Crippen MR) is 79.3 cm³/mol. The first-order valence-electron chi connectivity index (χ1n) is 6.46. The molecule has 1 fully saturated rings. The van der Waals surface area contributed by atoms with Crippen LogP contribution in [0.15, 0.2) is 23.1 Å². The lowest BCUT2D eigenvalue weighted by molar-refractivity contribution is 0.0644. The van der Waals surface area contributed by atoms with Gasteiger partial charge in [-0.25, -0.2) is 13.1 Å². The third-order valence-corrected chi connectivity index (χ3v) is 5.00. The highest BCUT2D eigenvalue weighted by Gasteiger charge is 2.31. The van der Waals surface area contributed by atoms with Crippen LogP contribution in [0.1, 0.15) is 13.8 Å². The molecule has 0 aliphatic carbocycles. The van der Waals surface area contributed by atoms with E-state index in [1.165, 1.54) is 7.05 Å². The number of ether oxygens (including phenoxy) is 1. The number of rotatable bonds is 3. The predicted octanol–water partition coefficient (Wildman–Crippen LogP) is 0.792. The van der Waals surface area contributed by atoms with E-state index in [1.807, 2.05) is 0 Å². The third kappa shape index (κ3) is 2.74. The van der Waals surface area contributed by atoms with E-state index in [4.69, 9.17) is 10.5 Å². The summed E-state index contributed by atoms with van der Waals surface area (Å²) in [6.45, 7) is 6.20. The quantitative estimate of drug-likeness (QED) is 0.806. The van der Waals surface area contributed by atoms with Gasteiger partial charge in [-0.3, -0.25) is 0 Å². The molecule has 0 spiro atoms. The molecule has 2 rings (SSSR count). The molecular formula is C13H21N3O3S. The van der Waals surface area contributed by atoms with E-state index in [1.54, 1.807) is 18.2 Å². The zero-order valence-corrected chi connectivity index (χ0v) is 12.8. The summed E-state index contributed by atoms with van der Waals surface area (Å²) in [5.41, 5.74) is 6.91. The molecule has 0 unspecified atom stereocenters. The molecule has 20 heavy (non-hydrogen) atoms. The number of nitrogen functional groups attached to an aromatic ring is 1. The van der Waals surface area contributed by atoms with E-state index in [0.29, 0.717) is 13.2 Å². The van der Waals surface area contributed by atoms with E-state index in [0.717, 1.165) is 12.2 Å². The Kier molecular flexibility index (Phi) is 3.95. The van der Waals surface area contributed by atoms with Crippen LogP contribution in [0.5, 0.6) is 0 Å². The highest BCUT2D eigenvalue weighted by Crippen LogP contribution is 2.30. The number of nitrogens with one attached hydrogen (secondary N) is 1. The molecule has 1 saturated heterocycles. The van der Waals surface area contributed by atoms with Gasteiger partial charge in [-0.1, -0.05) is 0 Å². The number of morpholine rings is 1. The molecule has 0 amide bonds. The monoisotopic (exact) mass is 299 g/mol. The van der Waals surface area contributed by atoms with Gasteiger partial charge in [-0.05, 0) is 39.1 Å². The third-order valence-electron chi connectivity index (χ3n) is 3.51. The second kappa shape index (κ2) is 5.23. The second-order valence-corrected chi connectivity index (χ2v) is 7.30. The molecule has 1 aromatic carbocycles. The molecule has 112 valence electrons. The molecule has 1 heterocycles. The van der Waals surface area contributed by atoms with Crippen molar-refractivity contribution in [2.24, 2.45) is 0 Å². The Morgan fingerprint density at radius 2 is 2.10 bits per heavy atom. The number of sulfonamides is 1. The van der Waals surface area contributed by atoms with Crippen molar-refractivity contribution < 1.29 is 13.2 Å². The molecule has 0 saturated carbocycles. The van der Waals surface area contributed by atoms with Crippen molar-refractivity contribution in [1.82, 2.24) is 4.72 Å². The number of nitrogens with two attached hydrogens (primary N) is 1. The number of anilines is 2. The first kappa shape index (κ1) is 15.1. The lowest BCUT2D eigenvalue weighted by atomic mass is 10.0. The molecule has 1 aliphatic heterocycles. The first-order chi connectivity index (χ1) is 9.28. The summed E-state index contributed by atoms with van der Waals surface area (Å²) < 4.78 is 31.4. The van der Waals surface area contributed by atoms with E-state index >= 15 is 0 Å². The molecule has 0 aromatic heterocycles. The summed E-state index contributed by atoms with van der Waals surface area (Å²) in [5.74, 6) is 0. The van der Waals surface area contributed by atoms with Gasteiger partial charge < -0.3 is 15.4 Å². The van der Waals surface area contributed by atoms with Crippen molar-refractivity contribution in [1.29, 1.82) is 0 Å². The summed E-state index contributed by atoms with van der Waals surface area (Å²) >= 11 is 0. The van der Waals surface area contributed by atoms with Crippen LogP contribution in [0.2, 0.25) is 0 Å². The maximum Gasteiger partial charge on any atom is 0.242 e. The molecule has 0 atom stereocenters. The fourth-order valence-electron chi connectivity index (χ4n) is 2.40. The highest BCUT2D eigenvalue weighted by atomic mass is 32.2. The molecule has 1 aromatic rings. The Labute approximate surface area is 120 Å². The normalized spacial score (nSPS) is 19.1. The Balaban J connectivity index is 2.39. The average Bonchev–Trinajstić information content (AvgIpc) is 2.37. The largest absolute Gasteiger partial charge is 0.398 e. The van der Waals surface area contributed by atoms with Crippen LogP contribution in [0.3, 0.4) is 0 Å². The van der Waals surface area contributed by atoms with Gasteiger partial charge in [-0.15, -0.1) is 0 Å². The minimum Gasteiger partial charge on any atom is -0.398 e. The second-order valence-electron chi connectivity index (χ2n) is 5.45. The van der Waals surface area contributed by atoms with Crippen LogP contribution in [0.25, 0.3) is 0 Å². The van der Waals surface area contributed by atoms with Crippen molar-refractivity contribution in [2.45, 2.75) is 24.3 Å². The molecule has 7 heteroatoms. The van der Waals surface area contributed by atoms with Gasteiger partial charge >= 0.3 is 0 Å². The fourth-order valence-corrected chi connectivity index (χ4v) is 3.23. The summed E-state index contributed by atoms with van der Waals surface area (Å²) in [5, 5.41) is 0. The number of nitrogens with zero attached hydrogens (tertiary/aromatic N) is 1. The summed E-state index contributed by atoms with van der Waals surface area (Å²) in [6, 6.07) is 5.03. The number of hydrogen-bond acceptors (Lipinski definition) is 5. The molecule has 3 N–H and O–H groups in total. The molecule has 1 aliphatic rings. The topological polar surface area (TPSA) is 84.7 Å². The zero-order valence-electron chi connectivity index (χ0n) is 12.0. The Hall–Kier alpha value is -1.31. The maximum absolute atomic E-state index is 11.8. The summed E-state index contributed by atoms with van der Waals surface area (Å²) in [6.07, 6.45) is 0. The number of hydrogen-bond donors (Lipinski definition) is 2. The van der Waals surface area contributed by atoms with Gasteiger partial charge in [0.15, 0.2) is 0 Å². The Bertz CT molecular complexity index is 599. The van der Waals surface area contributed by atoms with Gasteiger partial charge in [0.2, 0.25) is 10.0 Å². The number of benzene rings is 1. The lowest BCUT2D eigenvalue weighted by Gasteiger charge is -2.44. The SMILES string of the molecule is CNS(=O)(=O)c1ccc(N2CCOCC2(C)C)cc1N. The van der Waals surface area contributed by atoms with Crippen molar-refractivity contribution in [3.63, 3.8) is 0 Å². The molecule has 0 radical (unpaired) electrons. The average molecular weight is 299 g/mol. The molecular weight excluding hydrogens is 278 g/mol. The van der Waals surface area contributed by atoms with Gasteiger partial charge in [0.05, 0.1) is 24.4 Å². The standard InChI is InChI=1S/C13H21N3O3S/c1-13(2)9-19-7-6-16(13)10-4-5-12(11(14)8-10)20(17,18)15-3/h4-5,8,15H,6-7,9,14H2,1-3H3. The van der Waals surface area contributed by atoms with Crippen molar-refractivity contribution in [3.05, 3.63) is 18.2 Å². The molecule has 6 nitrogen and oxygen atoms in total. The van der Waals surface area contributed by atoms with Gasteiger partial charge in [0, 0.05) is 12.2 Å². The van der Waals surface area contributed by atoms with Crippen LogP contribution in [-0.4, -0.2) is 40.8 Å².